The largest absolute Gasteiger partial charge is 0.332 e. The van der Waals surface area contributed by atoms with E-state index in [0.29, 0.717) is 0 Å². The zero-order valence-corrected chi connectivity index (χ0v) is 14.6. The molecule has 4 nitrogen and oxygen atoms in total. The first-order valence-corrected chi connectivity index (χ1v) is 9.04. The monoisotopic (exact) mass is 346 g/mol. The molecule has 4 aromatic rings. The average Bonchev–Trinajstić information content (AvgIpc) is 3.33. The van der Waals surface area contributed by atoms with Crippen molar-refractivity contribution >= 4 is 11.8 Å². The zero-order chi connectivity index (χ0) is 17.1. The second kappa shape index (κ2) is 6.99. The van der Waals surface area contributed by atoms with Crippen LogP contribution in [0, 0.1) is 0 Å². The Morgan fingerprint density at radius 1 is 0.960 bits per heavy atom. The lowest BCUT2D eigenvalue weighted by atomic mass is 10.1. The molecule has 2 heterocycles. The van der Waals surface area contributed by atoms with Crippen LogP contribution in [0.2, 0.25) is 0 Å². The van der Waals surface area contributed by atoms with Crippen molar-refractivity contribution in [2.24, 2.45) is 0 Å². The van der Waals surface area contributed by atoms with Gasteiger partial charge in [0.15, 0.2) is 5.16 Å². The summed E-state index contributed by atoms with van der Waals surface area (Å²) in [4.78, 5) is 12.5. The molecule has 0 spiro atoms. The summed E-state index contributed by atoms with van der Waals surface area (Å²) < 4.78 is 2.07. The third kappa shape index (κ3) is 3.37. The standard InChI is InChI=1S/C20H18N4S/c1-15(24-13-12-21-14-24)25-20-22-18(16-8-4-2-5-9-16)19(23-20)17-10-6-3-7-11-17/h2-15H,1H3,(H,22,23). The Morgan fingerprint density at radius 3 is 2.28 bits per heavy atom. The number of hydrogen-bond acceptors (Lipinski definition) is 3. The van der Waals surface area contributed by atoms with Gasteiger partial charge < -0.3 is 9.55 Å². The maximum Gasteiger partial charge on any atom is 0.168 e. The number of H-pyrrole nitrogens is 1. The van der Waals surface area contributed by atoms with E-state index in [0.717, 1.165) is 27.7 Å². The lowest BCUT2D eigenvalue weighted by Crippen LogP contribution is -1.97. The van der Waals surface area contributed by atoms with E-state index in [1.165, 1.54) is 0 Å². The molecule has 1 N–H and O–H groups in total. The van der Waals surface area contributed by atoms with Gasteiger partial charge in [-0.15, -0.1) is 0 Å². The first-order chi connectivity index (χ1) is 12.3. The quantitative estimate of drug-likeness (QED) is 0.502. The Kier molecular flexibility index (Phi) is 4.39. The van der Waals surface area contributed by atoms with Crippen molar-refractivity contribution in [2.75, 3.05) is 0 Å². The van der Waals surface area contributed by atoms with E-state index in [-0.39, 0.29) is 5.37 Å². The molecule has 0 aliphatic rings. The molecule has 0 saturated carbocycles. The van der Waals surface area contributed by atoms with E-state index in [4.69, 9.17) is 4.98 Å². The number of rotatable bonds is 5. The number of imidazole rings is 2. The minimum absolute atomic E-state index is 0.209. The van der Waals surface area contributed by atoms with Crippen molar-refractivity contribution in [3.05, 3.63) is 79.4 Å². The van der Waals surface area contributed by atoms with Gasteiger partial charge in [0.1, 0.15) is 0 Å². The van der Waals surface area contributed by atoms with Crippen LogP contribution in [0.4, 0.5) is 0 Å². The summed E-state index contributed by atoms with van der Waals surface area (Å²) >= 11 is 1.68. The number of hydrogen-bond donors (Lipinski definition) is 1. The van der Waals surface area contributed by atoms with Gasteiger partial charge in [-0.3, -0.25) is 0 Å². The van der Waals surface area contributed by atoms with Gasteiger partial charge in [0.05, 0.1) is 23.1 Å². The Morgan fingerprint density at radius 2 is 1.64 bits per heavy atom. The first kappa shape index (κ1) is 15.7. The number of aromatic nitrogens is 4. The molecule has 5 heteroatoms. The molecule has 0 amide bonds. The second-order valence-corrected chi connectivity index (χ2v) is 7.03. The van der Waals surface area contributed by atoms with Gasteiger partial charge in [0.2, 0.25) is 0 Å². The van der Waals surface area contributed by atoms with Crippen LogP contribution in [0.1, 0.15) is 12.3 Å². The van der Waals surface area contributed by atoms with Gasteiger partial charge in [-0.1, -0.05) is 72.4 Å². The number of thioether (sulfide) groups is 1. The molecule has 25 heavy (non-hydrogen) atoms. The fraction of sp³-hybridized carbons (Fsp3) is 0.100. The summed E-state index contributed by atoms with van der Waals surface area (Å²) in [6.45, 7) is 2.14. The predicted molar refractivity (Wildman–Crippen MR) is 102 cm³/mol. The molecule has 0 bridgehead atoms. The summed E-state index contributed by atoms with van der Waals surface area (Å²) in [5.41, 5.74) is 4.27. The first-order valence-electron chi connectivity index (χ1n) is 8.16. The molecule has 0 aliphatic heterocycles. The molecule has 2 aromatic carbocycles. The van der Waals surface area contributed by atoms with Crippen LogP contribution >= 0.6 is 11.8 Å². The Balaban J connectivity index is 1.73. The fourth-order valence-corrected chi connectivity index (χ4v) is 3.61. The van der Waals surface area contributed by atoms with E-state index >= 15 is 0 Å². The predicted octanol–water partition coefficient (Wildman–Crippen LogP) is 5.25. The van der Waals surface area contributed by atoms with Gasteiger partial charge in [-0.05, 0) is 6.92 Å². The zero-order valence-electron chi connectivity index (χ0n) is 13.8. The highest BCUT2D eigenvalue weighted by Gasteiger charge is 2.16. The van der Waals surface area contributed by atoms with Crippen LogP contribution in [0.15, 0.2) is 84.5 Å². The SMILES string of the molecule is CC(Sc1nc(-c2ccccc2)c(-c2ccccc2)[nH]1)n1ccnc1. The third-order valence-corrected chi connectivity index (χ3v) is 5.02. The molecule has 0 fully saturated rings. The van der Waals surface area contributed by atoms with E-state index < -0.39 is 0 Å². The smallest absolute Gasteiger partial charge is 0.168 e. The van der Waals surface area contributed by atoms with Crippen LogP contribution in [-0.4, -0.2) is 19.5 Å². The van der Waals surface area contributed by atoms with Crippen molar-refractivity contribution in [3.63, 3.8) is 0 Å². The summed E-state index contributed by atoms with van der Waals surface area (Å²) in [5, 5.41) is 1.11. The van der Waals surface area contributed by atoms with Crippen molar-refractivity contribution in [1.29, 1.82) is 0 Å². The highest BCUT2D eigenvalue weighted by atomic mass is 32.2. The maximum atomic E-state index is 4.88. The molecular weight excluding hydrogens is 328 g/mol. The van der Waals surface area contributed by atoms with Crippen molar-refractivity contribution in [3.8, 4) is 22.5 Å². The van der Waals surface area contributed by atoms with E-state index in [9.17, 15) is 0 Å². The Hall–Kier alpha value is -2.79. The Labute approximate surface area is 151 Å². The molecule has 0 aliphatic carbocycles. The third-order valence-electron chi connectivity index (χ3n) is 4.02. The summed E-state index contributed by atoms with van der Waals surface area (Å²) in [6, 6.07) is 20.6. The number of aromatic amines is 1. The number of nitrogens with zero attached hydrogens (tertiary/aromatic N) is 3. The van der Waals surface area contributed by atoms with E-state index in [2.05, 4.69) is 45.7 Å². The van der Waals surface area contributed by atoms with Gasteiger partial charge >= 0.3 is 0 Å². The van der Waals surface area contributed by atoms with Crippen LogP contribution in [0.5, 0.6) is 0 Å². The van der Waals surface area contributed by atoms with E-state index in [1.807, 2.05) is 48.9 Å². The summed E-state index contributed by atoms with van der Waals surface area (Å²) in [7, 11) is 0. The lowest BCUT2D eigenvalue weighted by molar-refractivity contribution is 0.735. The van der Waals surface area contributed by atoms with Crippen LogP contribution < -0.4 is 0 Å². The van der Waals surface area contributed by atoms with Crippen molar-refractivity contribution in [2.45, 2.75) is 17.5 Å². The summed E-state index contributed by atoms with van der Waals surface area (Å²) in [5.74, 6) is 0. The molecular formula is C20H18N4S. The molecule has 0 radical (unpaired) electrons. The van der Waals surface area contributed by atoms with Crippen molar-refractivity contribution < 1.29 is 0 Å². The molecule has 124 valence electrons. The van der Waals surface area contributed by atoms with Gasteiger partial charge in [-0.25, -0.2) is 9.97 Å². The minimum atomic E-state index is 0.209. The molecule has 1 unspecified atom stereocenters. The highest BCUT2D eigenvalue weighted by Crippen LogP contribution is 2.35. The lowest BCUT2D eigenvalue weighted by Gasteiger charge is -2.09. The van der Waals surface area contributed by atoms with Crippen LogP contribution in [0.25, 0.3) is 22.5 Å². The normalized spacial score (nSPS) is 12.2. The topological polar surface area (TPSA) is 46.5 Å². The van der Waals surface area contributed by atoms with Crippen molar-refractivity contribution in [1.82, 2.24) is 19.5 Å². The van der Waals surface area contributed by atoms with Gasteiger partial charge in [0, 0.05) is 23.5 Å². The number of nitrogens with one attached hydrogen (secondary N) is 1. The maximum absolute atomic E-state index is 4.88. The van der Waals surface area contributed by atoms with Gasteiger partial charge in [-0.2, -0.15) is 0 Å². The highest BCUT2D eigenvalue weighted by molar-refractivity contribution is 7.99. The summed E-state index contributed by atoms with van der Waals surface area (Å²) in [6.07, 6.45) is 5.59. The number of benzene rings is 2. The fourth-order valence-electron chi connectivity index (χ4n) is 2.73. The molecule has 4 rings (SSSR count). The minimum Gasteiger partial charge on any atom is -0.332 e. The van der Waals surface area contributed by atoms with Crippen LogP contribution in [-0.2, 0) is 0 Å². The molecule has 2 aromatic heterocycles. The van der Waals surface area contributed by atoms with Gasteiger partial charge in [0.25, 0.3) is 0 Å². The average molecular weight is 346 g/mol. The molecule has 1 atom stereocenters. The Bertz CT molecular complexity index is 874. The molecule has 0 saturated heterocycles. The second-order valence-electron chi connectivity index (χ2n) is 5.72. The van der Waals surface area contributed by atoms with Crippen LogP contribution in [0.3, 0.4) is 0 Å². The van der Waals surface area contributed by atoms with E-state index in [1.54, 1.807) is 18.0 Å².